The zero-order chi connectivity index (χ0) is 26.7. The minimum absolute atomic E-state index is 0.167. The third kappa shape index (κ3) is 6.41. The van der Waals surface area contributed by atoms with Crippen molar-refractivity contribution in [2.75, 3.05) is 5.32 Å². The number of aryl methyl sites for hydroxylation is 2. The van der Waals surface area contributed by atoms with Gasteiger partial charge in [0.2, 0.25) is 5.95 Å². The smallest absolute Gasteiger partial charge is 0.390 e. The van der Waals surface area contributed by atoms with Crippen LogP contribution in [0, 0.1) is 6.92 Å². The number of aromatic amines is 1. The number of alkyl halides is 3. The van der Waals surface area contributed by atoms with E-state index in [2.05, 4.69) is 30.5 Å². The summed E-state index contributed by atoms with van der Waals surface area (Å²) in [4.78, 5) is 12.6. The molecule has 0 atom stereocenters. The number of anilines is 1. The number of fused-ring (bicyclic) bond motifs is 1. The van der Waals surface area contributed by atoms with Crippen molar-refractivity contribution in [1.82, 2.24) is 29.7 Å². The van der Waals surface area contributed by atoms with E-state index in [1.807, 2.05) is 43.3 Å². The molecular formula is C26H23ClF3N7O. The Morgan fingerprint density at radius 3 is 2.45 bits per heavy atom. The number of halogens is 4. The van der Waals surface area contributed by atoms with Crippen LogP contribution in [-0.4, -0.2) is 35.9 Å². The van der Waals surface area contributed by atoms with Crippen molar-refractivity contribution < 1.29 is 17.9 Å². The summed E-state index contributed by atoms with van der Waals surface area (Å²) in [6, 6.07) is 14.9. The number of benzene rings is 2. The Morgan fingerprint density at radius 2 is 1.76 bits per heavy atom. The van der Waals surface area contributed by atoms with Gasteiger partial charge in [-0.25, -0.2) is 15.0 Å². The van der Waals surface area contributed by atoms with Crippen molar-refractivity contribution in [3.05, 3.63) is 88.5 Å². The Hall–Kier alpha value is -4.12. The van der Waals surface area contributed by atoms with E-state index in [-0.39, 0.29) is 12.6 Å². The molecule has 2 N–H and O–H groups in total. The predicted octanol–water partition coefficient (Wildman–Crippen LogP) is 6.46. The quantitative estimate of drug-likeness (QED) is 0.222. The third-order valence-electron chi connectivity index (χ3n) is 5.76. The van der Waals surface area contributed by atoms with Gasteiger partial charge in [0.15, 0.2) is 0 Å². The SMILES string of the molecule is Cc1cc(Cc2ccc3nc(NCc4ccc(Oc5ncc(Cl)cn5)cc4)n(CCC(F)(F)F)c3c2)n[nH]1. The van der Waals surface area contributed by atoms with Crippen LogP contribution in [0.25, 0.3) is 11.0 Å². The van der Waals surface area contributed by atoms with E-state index < -0.39 is 12.6 Å². The van der Waals surface area contributed by atoms with Crippen molar-refractivity contribution in [3.8, 4) is 11.8 Å². The van der Waals surface area contributed by atoms with Gasteiger partial charge in [0.05, 0.1) is 40.6 Å². The molecule has 0 unspecified atom stereocenters. The van der Waals surface area contributed by atoms with Gasteiger partial charge < -0.3 is 14.6 Å². The summed E-state index contributed by atoms with van der Waals surface area (Å²) in [7, 11) is 0. The Bertz CT molecular complexity index is 1530. The molecule has 38 heavy (non-hydrogen) atoms. The van der Waals surface area contributed by atoms with Gasteiger partial charge in [-0.3, -0.25) is 5.10 Å². The van der Waals surface area contributed by atoms with Crippen LogP contribution in [0.15, 0.2) is 60.9 Å². The number of imidazole rings is 1. The summed E-state index contributed by atoms with van der Waals surface area (Å²) in [5, 5.41) is 10.8. The van der Waals surface area contributed by atoms with Crippen LogP contribution in [0.4, 0.5) is 19.1 Å². The van der Waals surface area contributed by atoms with E-state index in [9.17, 15) is 13.2 Å². The highest BCUT2D eigenvalue weighted by Crippen LogP contribution is 2.27. The zero-order valence-electron chi connectivity index (χ0n) is 20.3. The Kier molecular flexibility index (Phi) is 7.19. The number of aromatic nitrogens is 6. The monoisotopic (exact) mass is 541 g/mol. The molecule has 2 aromatic carbocycles. The number of hydrogen-bond acceptors (Lipinski definition) is 6. The Morgan fingerprint density at radius 1 is 1.03 bits per heavy atom. The number of ether oxygens (including phenoxy) is 1. The molecule has 0 saturated carbocycles. The van der Waals surface area contributed by atoms with Crippen LogP contribution in [0.1, 0.15) is 28.9 Å². The lowest BCUT2D eigenvalue weighted by Crippen LogP contribution is -2.14. The maximum atomic E-state index is 13.1. The average Bonchev–Trinajstić information content (AvgIpc) is 3.45. The third-order valence-corrected chi connectivity index (χ3v) is 5.95. The number of rotatable bonds is 9. The van der Waals surface area contributed by atoms with Gasteiger partial charge in [-0.2, -0.15) is 18.3 Å². The van der Waals surface area contributed by atoms with Gasteiger partial charge in [-0.05, 0) is 48.4 Å². The lowest BCUT2D eigenvalue weighted by molar-refractivity contribution is -0.136. The second kappa shape index (κ2) is 10.7. The molecule has 0 fully saturated rings. The molecule has 0 aliphatic heterocycles. The fraction of sp³-hybridized carbons (Fsp3) is 0.231. The van der Waals surface area contributed by atoms with Gasteiger partial charge in [0, 0.05) is 25.2 Å². The molecule has 12 heteroatoms. The highest BCUT2D eigenvalue weighted by Gasteiger charge is 2.27. The van der Waals surface area contributed by atoms with Gasteiger partial charge >= 0.3 is 12.2 Å². The van der Waals surface area contributed by atoms with Crippen molar-refractivity contribution in [3.63, 3.8) is 0 Å². The molecule has 8 nitrogen and oxygen atoms in total. The molecule has 0 radical (unpaired) electrons. The molecule has 0 aliphatic carbocycles. The molecule has 0 aliphatic rings. The number of hydrogen-bond donors (Lipinski definition) is 2. The number of nitrogens with one attached hydrogen (secondary N) is 2. The first-order valence-corrected chi connectivity index (χ1v) is 12.1. The summed E-state index contributed by atoms with van der Waals surface area (Å²) in [5.74, 6) is 0.903. The molecule has 196 valence electrons. The second-order valence-electron chi connectivity index (χ2n) is 8.78. The molecule has 3 aromatic heterocycles. The fourth-order valence-corrected chi connectivity index (χ4v) is 4.06. The molecule has 0 saturated heterocycles. The number of H-pyrrole nitrogens is 1. The van der Waals surface area contributed by atoms with Crippen molar-refractivity contribution >= 4 is 28.6 Å². The fourth-order valence-electron chi connectivity index (χ4n) is 3.97. The van der Waals surface area contributed by atoms with E-state index in [1.165, 1.54) is 12.4 Å². The van der Waals surface area contributed by atoms with Crippen molar-refractivity contribution in [2.24, 2.45) is 0 Å². The van der Waals surface area contributed by atoms with Crippen LogP contribution in [-0.2, 0) is 19.5 Å². The average molecular weight is 542 g/mol. The summed E-state index contributed by atoms with van der Waals surface area (Å²) in [6.07, 6.45) is -1.82. The lowest BCUT2D eigenvalue weighted by Gasteiger charge is -2.13. The van der Waals surface area contributed by atoms with Crippen molar-refractivity contribution in [2.45, 2.75) is 39.0 Å². The van der Waals surface area contributed by atoms with Crippen LogP contribution in [0.2, 0.25) is 5.02 Å². The zero-order valence-corrected chi connectivity index (χ0v) is 21.0. The van der Waals surface area contributed by atoms with Crippen LogP contribution in [0.3, 0.4) is 0 Å². The maximum Gasteiger partial charge on any atom is 0.390 e. The van der Waals surface area contributed by atoms with Crippen LogP contribution in [0.5, 0.6) is 11.8 Å². The minimum Gasteiger partial charge on any atom is -0.424 e. The molecule has 5 rings (SSSR count). The van der Waals surface area contributed by atoms with E-state index in [1.54, 1.807) is 16.7 Å². The molecule has 0 spiro atoms. The molecule has 0 amide bonds. The first-order chi connectivity index (χ1) is 18.2. The van der Waals surface area contributed by atoms with Gasteiger partial charge in [0.25, 0.3) is 0 Å². The van der Waals surface area contributed by atoms with E-state index in [4.69, 9.17) is 16.3 Å². The Labute approximate surface area is 220 Å². The first-order valence-electron chi connectivity index (χ1n) is 11.8. The maximum absolute atomic E-state index is 13.1. The van der Waals surface area contributed by atoms with Gasteiger partial charge in [-0.15, -0.1) is 0 Å². The van der Waals surface area contributed by atoms with Crippen LogP contribution >= 0.6 is 11.6 Å². The molecule has 3 heterocycles. The standard InChI is InChI=1S/C26H23ClF3N7O/c1-16-10-20(36-35-16)11-18-4-7-22-23(12-18)37(9-8-26(28,29)30)24(34-22)31-13-17-2-5-21(6-3-17)38-25-32-14-19(27)15-33-25/h2-7,10,12,14-15H,8-9,11,13H2,1H3,(H,31,34)(H,35,36). The predicted molar refractivity (Wildman–Crippen MR) is 137 cm³/mol. The first kappa shape index (κ1) is 25.5. The Balaban J connectivity index is 1.33. The van der Waals surface area contributed by atoms with Crippen LogP contribution < -0.4 is 10.1 Å². The topological polar surface area (TPSA) is 93.5 Å². The van der Waals surface area contributed by atoms with E-state index >= 15 is 0 Å². The highest BCUT2D eigenvalue weighted by molar-refractivity contribution is 6.30. The van der Waals surface area contributed by atoms with Gasteiger partial charge in [0.1, 0.15) is 5.75 Å². The van der Waals surface area contributed by atoms with Crippen molar-refractivity contribution in [1.29, 1.82) is 0 Å². The second-order valence-corrected chi connectivity index (χ2v) is 9.21. The number of nitrogens with zero attached hydrogens (tertiary/aromatic N) is 5. The lowest BCUT2D eigenvalue weighted by atomic mass is 10.1. The molecular weight excluding hydrogens is 519 g/mol. The minimum atomic E-state index is -4.29. The summed E-state index contributed by atoms with van der Waals surface area (Å²) in [6.45, 7) is 2.02. The summed E-state index contributed by atoms with van der Waals surface area (Å²) >= 11 is 5.79. The van der Waals surface area contributed by atoms with Gasteiger partial charge in [-0.1, -0.05) is 29.8 Å². The molecule has 5 aromatic rings. The molecule has 0 bridgehead atoms. The van der Waals surface area contributed by atoms with E-state index in [0.717, 1.165) is 22.5 Å². The largest absolute Gasteiger partial charge is 0.424 e. The summed E-state index contributed by atoms with van der Waals surface area (Å²) in [5.41, 5.74) is 4.87. The summed E-state index contributed by atoms with van der Waals surface area (Å²) < 4.78 is 46.5. The highest BCUT2D eigenvalue weighted by atomic mass is 35.5. The van der Waals surface area contributed by atoms with E-state index in [0.29, 0.717) is 40.7 Å². The normalized spacial score (nSPS) is 11.7.